The zero-order chi connectivity index (χ0) is 14.6. The van der Waals surface area contributed by atoms with Crippen molar-refractivity contribution in [3.05, 3.63) is 0 Å². The molecule has 4 nitrogen and oxygen atoms in total. The van der Waals surface area contributed by atoms with Crippen molar-refractivity contribution in [3.63, 3.8) is 0 Å². The number of amides is 1. The Hall–Kier alpha value is -0.320. The minimum atomic E-state index is -0.219. The topological polar surface area (TPSA) is 50.4 Å². The lowest BCUT2D eigenvalue weighted by molar-refractivity contribution is -0.132. The van der Waals surface area contributed by atoms with Gasteiger partial charge < -0.3 is 15.4 Å². The number of ether oxygens (including phenoxy) is 1. The molecule has 5 heteroatoms. The SMILES string of the molecule is CC(C)OC1CCC(NC(=O)C2(C)CCCNC2)CC1.Cl. The number of nitrogens with one attached hydrogen (secondary N) is 2. The van der Waals surface area contributed by atoms with Crippen LogP contribution in [0.5, 0.6) is 0 Å². The van der Waals surface area contributed by atoms with Crippen LogP contribution >= 0.6 is 12.4 Å². The van der Waals surface area contributed by atoms with Gasteiger partial charge in [-0.15, -0.1) is 12.4 Å². The van der Waals surface area contributed by atoms with Crippen LogP contribution in [0.25, 0.3) is 0 Å². The molecule has 1 atom stereocenters. The molecule has 0 bridgehead atoms. The third-order valence-corrected chi connectivity index (χ3v) is 4.62. The van der Waals surface area contributed by atoms with E-state index < -0.39 is 0 Å². The van der Waals surface area contributed by atoms with Gasteiger partial charge in [-0.25, -0.2) is 0 Å². The highest BCUT2D eigenvalue weighted by Gasteiger charge is 2.36. The van der Waals surface area contributed by atoms with Crippen molar-refractivity contribution >= 4 is 18.3 Å². The maximum Gasteiger partial charge on any atom is 0.227 e. The van der Waals surface area contributed by atoms with E-state index in [4.69, 9.17) is 4.74 Å². The molecule has 21 heavy (non-hydrogen) atoms. The first kappa shape index (κ1) is 18.7. The van der Waals surface area contributed by atoms with Gasteiger partial charge in [0.25, 0.3) is 0 Å². The van der Waals surface area contributed by atoms with Crippen LogP contribution in [-0.2, 0) is 9.53 Å². The quantitative estimate of drug-likeness (QED) is 0.838. The van der Waals surface area contributed by atoms with E-state index in [1.54, 1.807) is 0 Å². The lowest BCUT2D eigenvalue weighted by Crippen LogP contribution is -2.52. The van der Waals surface area contributed by atoms with Gasteiger partial charge in [0.2, 0.25) is 5.91 Å². The van der Waals surface area contributed by atoms with Crippen LogP contribution in [0.3, 0.4) is 0 Å². The lowest BCUT2D eigenvalue weighted by atomic mass is 9.81. The molecule has 1 saturated carbocycles. The second kappa shape index (κ2) is 8.35. The molecule has 1 aliphatic heterocycles. The van der Waals surface area contributed by atoms with Crippen molar-refractivity contribution in [2.24, 2.45) is 5.41 Å². The molecule has 0 aromatic rings. The van der Waals surface area contributed by atoms with E-state index in [0.29, 0.717) is 18.2 Å². The molecule has 1 amide bonds. The Morgan fingerprint density at radius 2 is 1.95 bits per heavy atom. The van der Waals surface area contributed by atoms with Crippen LogP contribution in [0.1, 0.15) is 59.3 Å². The zero-order valence-corrected chi connectivity index (χ0v) is 14.4. The molecule has 1 unspecified atom stereocenters. The second-order valence-electron chi connectivity index (χ2n) is 6.97. The summed E-state index contributed by atoms with van der Waals surface area (Å²) in [5.41, 5.74) is -0.219. The largest absolute Gasteiger partial charge is 0.376 e. The summed E-state index contributed by atoms with van der Waals surface area (Å²) >= 11 is 0. The number of rotatable bonds is 4. The van der Waals surface area contributed by atoms with Gasteiger partial charge >= 0.3 is 0 Å². The summed E-state index contributed by atoms with van der Waals surface area (Å²) in [6, 6.07) is 0.341. The molecule has 2 rings (SSSR count). The van der Waals surface area contributed by atoms with Crippen LogP contribution in [0.15, 0.2) is 0 Å². The summed E-state index contributed by atoms with van der Waals surface area (Å²) < 4.78 is 5.86. The number of halogens is 1. The number of carbonyl (C=O) groups excluding carboxylic acids is 1. The number of carbonyl (C=O) groups is 1. The third kappa shape index (κ3) is 5.42. The minimum absolute atomic E-state index is 0. The number of piperidine rings is 1. The van der Waals surface area contributed by atoms with Gasteiger partial charge in [0, 0.05) is 12.6 Å². The van der Waals surface area contributed by atoms with Gasteiger partial charge in [-0.1, -0.05) is 0 Å². The van der Waals surface area contributed by atoms with E-state index >= 15 is 0 Å². The zero-order valence-electron chi connectivity index (χ0n) is 13.6. The normalized spacial score (nSPS) is 33.3. The molecule has 124 valence electrons. The van der Waals surface area contributed by atoms with Crippen molar-refractivity contribution < 1.29 is 9.53 Å². The van der Waals surface area contributed by atoms with Gasteiger partial charge in [0.05, 0.1) is 17.6 Å². The molecule has 0 spiro atoms. The van der Waals surface area contributed by atoms with Crippen LogP contribution in [0, 0.1) is 5.41 Å². The fourth-order valence-corrected chi connectivity index (χ4v) is 3.34. The van der Waals surface area contributed by atoms with Gasteiger partial charge in [0.1, 0.15) is 0 Å². The van der Waals surface area contributed by atoms with Crippen molar-refractivity contribution in [3.8, 4) is 0 Å². The summed E-state index contributed by atoms with van der Waals surface area (Å²) in [6.45, 7) is 8.11. The summed E-state index contributed by atoms with van der Waals surface area (Å²) in [7, 11) is 0. The Bertz CT molecular complexity index is 322. The Labute approximate surface area is 135 Å². The summed E-state index contributed by atoms with van der Waals surface area (Å²) in [6.07, 6.45) is 7.01. The highest BCUT2D eigenvalue weighted by molar-refractivity contribution is 5.85. The van der Waals surface area contributed by atoms with Gasteiger partial charge in [-0.05, 0) is 65.8 Å². The average molecular weight is 319 g/mol. The predicted octanol–water partition coefficient (Wildman–Crippen LogP) is 2.65. The lowest BCUT2D eigenvalue weighted by Gasteiger charge is -2.36. The maximum atomic E-state index is 12.5. The monoisotopic (exact) mass is 318 g/mol. The van der Waals surface area contributed by atoms with Crippen LogP contribution in [-0.4, -0.2) is 37.2 Å². The van der Waals surface area contributed by atoms with Crippen molar-refractivity contribution in [1.82, 2.24) is 10.6 Å². The van der Waals surface area contributed by atoms with Gasteiger partial charge in [-0.3, -0.25) is 4.79 Å². The summed E-state index contributed by atoms with van der Waals surface area (Å²) in [4.78, 5) is 12.5. The highest BCUT2D eigenvalue weighted by atomic mass is 35.5. The van der Waals surface area contributed by atoms with E-state index in [2.05, 4.69) is 31.4 Å². The molecule has 2 fully saturated rings. The number of hydrogen-bond donors (Lipinski definition) is 2. The minimum Gasteiger partial charge on any atom is -0.376 e. The molecule has 1 saturated heterocycles. The first-order valence-electron chi connectivity index (χ1n) is 8.17. The molecule has 0 radical (unpaired) electrons. The van der Waals surface area contributed by atoms with Crippen molar-refractivity contribution in [2.75, 3.05) is 13.1 Å². The molecule has 0 aromatic carbocycles. The Morgan fingerprint density at radius 1 is 1.29 bits per heavy atom. The fourth-order valence-electron chi connectivity index (χ4n) is 3.34. The summed E-state index contributed by atoms with van der Waals surface area (Å²) in [5, 5.41) is 6.61. The first-order valence-corrected chi connectivity index (χ1v) is 8.17. The molecule has 2 N–H and O–H groups in total. The Kier molecular flexibility index (Phi) is 7.45. The first-order chi connectivity index (χ1) is 9.49. The third-order valence-electron chi connectivity index (χ3n) is 4.62. The molecular formula is C16H31ClN2O2. The molecule has 1 aliphatic carbocycles. The van der Waals surface area contributed by atoms with E-state index in [0.717, 1.165) is 51.6 Å². The molecule has 2 aliphatic rings. The van der Waals surface area contributed by atoms with E-state index in [1.807, 2.05) is 0 Å². The van der Waals surface area contributed by atoms with Crippen LogP contribution < -0.4 is 10.6 Å². The smallest absolute Gasteiger partial charge is 0.227 e. The maximum absolute atomic E-state index is 12.5. The Morgan fingerprint density at radius 3 is 2.48 bits per heavy atom. The molecule has 1 heterocycles. The number of hydrogen-bond acceptors (Lipinski definition) is 3. The van der Waals surface area contributed by atoms with Crippen molar-refractivity contribution in [1.29, 1.82) is 0 Å². The fraction of sp³-hybridized carbons (Fsp3) is 0.938. The van der Waals surface area contributed by atoms with E-state index in [1.165, 1.54) is 0 Å². The standard InChI is InChI=1S/C16H30N2O2.ClH/c1-12(2)20-14-7-5-13(6-8-14)18-15(19)16(3)9-4-10-17-11-16;/h12-14,17H,4-11H2,1-3H3,(H,18,19);1H. The second-order valence-corrected chi connectivity index (χ2v) is 6.97. The van der Waals surface area contributed by atoms with Crippen LogP contribution in [0.2, 0.25) is 0 Å². The molecule has 0 aromatic heterocycles. The summed E-state index contributed by atoms with van der Waals surface area (Å²) in [5.74, 6) is 0.234. The van der Waals surface area contributed by atoms with E-state index in [-0.39, 0.29) is 23.7 Å². The van der Waals surface area contributed by atoms with Crippen LogP contribution in [0.4, 0.5) is 0 Å². The predicted molar refractivity (Wildman–Crippen MR) is 87.9 cm³/mol. The van der Waals surface area contributed by atoms with Crippen molar-refractivity contribution in [2.45, 2.75) is 77.5 Å². The van der Waals surface area contributed by atoms with E-state index in [9.17, 15) is 4.79 Å². The molecular weight excluding hydrogens is 288 g/mol. The highest BCUT2D eigenvalue weighted by Crippen LogP contribution is 2.28. The average Bonchev–Trinajstić information content (AvgIpc) is 2.41. The van der Waals surface area contributed by atoms with Gasteiger partial charge in [0.15, 0.2) is 0 Å². The Balaban J connectivity index is 0.00000220. The van der Waals surface area contributed by atoms with Gasteiger partial charge in [-0.2, -0.15) is 0 Å².